The zero-order valence-electron chi connectivity index (χ0n) is 16.7. The first-order valence-corrected chi connectivity index (χ1v) is 11.8. The highest BCUT2D eigenvalue weighted by Gasteiger charge is 2.27. The van der Waals surface area contributed by atoms with Crippen molar-refractivity contribution in [3.05, 3.63) is 87.8 Å². The van der Waals surface area contributed by atoms with E-state index < -0.39 is 15.6 Å². The first-order chi connectivity index (χ1) is 14.8. The van der Waals surface area contributed by atoms with Gasteiger partial charge in [0, 0.05) is 35.9 Å². The van der Waals surface area contributed by atoms with Gasteiger partial charge in [-0.1, -0.05) is 48.0 Å². The molecule has 1 aromatic heterocycles. The summed E-state index contributed by atoms with van der Waals surface area (Å²) in [5, 5.41) is 0.626. The van der Waals surface area contributed by atoms with E-state index in [0.29, 0.717) is 23.7 Å². The lowest BCUT2D eigenvalue weighted by Gasteiger charge is -2.16. The van der Waals surface area contributed by atoms with Gasteiger partial charge in [-0.05, 0) is 42.2 Å². The standard InChI is InChI=1S/C23H21ClN2O4S/c24-20-5-3-4-19(14-20)17-6-8-18(9-7-17)22(27)16-25-15-21(10-11-23(25)28)31(29,30)26-12-1-2-13-26/h3-11,14-15H,1-2,12-13,16H2. The summed E-state index contributed by atoms with van der Waals surface area (Å²) in [7, 11) is -3.67. The fourth-order valence-corrected chi connectivity index (χ4v) is 5.35. The predicted molar refractivity (Wildman–Crippen MR) is 120 cm³/mol. The Balaban J connectivity index is 1.55. The van der Waals surface area contributed by atoms with E-state index in [1.54, 1.807) is 18.2 Å². The van der Waals surface area contributed by atoms with Gasteiger partial charge < -0.3 is 4.57 Å². The molecule has 4 rings (SSSR count). The van der Waals surface area contributed by atoms with Gasteiger partial charge in [0.05, 0.1) is 11.4 Å². The number of hydrogen-bond donors (Lipinski definition) is 0. The molecular weight excluding hydrogens is 436 g/mol. The van der Waals surface area contributed by atoms with Crippen LogP contribution < -0.4 is 5.56 Å². The fourth-order valence-electron chi connectivity index (χ4n) is 3.63. The minimum atomic E-state index is -3.67. The number of carbonyl (C=O) groups excluding carboxylic acids is 1. The number of nitrogens with zero attached hydrogens (tertiary/aromatic N) is 2. The maximum atomic E-state index is 12.8. The molecule has 0 aliphatic carbocycles. The maximum Gasteiger partial charge on any atom is 0.251 e. The molecule has 1 aliphatic rings. The molecule has 6 nitrogen and oxygen atoms in total. The zero-order valence-corrected chi connectivity index (χ0v) is 18.3. The molecule has 3 aromatic rings. The lowest BCUT2D eigenvalue weighted by Crippen LogP contribution is -2.30. The molecule has 0 atom stereocenters. The molecule has 0 unspecified atom stereocenters. The highest BCUT2D eigenvalue weighted by atomic mass is 35.5. The summed E-state index contributed by atoms with van der Waals surface area (Å²) in [6, 6.07) is 16.9. The van der Waals surface area contributed by atoms with Gasteiger partial charge >= 0.3 is 0 Å². The van der Waals surface area contributed by atoms with Crippen molar-refractivity contribution < 1.29 is 13.2 Å². The number of pyridine rings is 1. The van der Waals surface area contributed by atoms with Crippen LogP contribution in [0.3, 0.4) is 0 Å². The molecule has 160 valence electrons. The molecule has 8 heteroatoms. The van der Waals surface area contributed by atoms with Gasteiger partial charge in [-0.2, -0.15) is 4.31 Å². The normalized spacial score (nSPS) is 14.6. The van der Waals surface area contributed by atoms with Gasteiger partial charge in [-0.15, -0.1) is 0 Å². The molecule has 31 heavy (non-hydrogen) atoms. The number of sulfonamides is 1. The third kappa shape index (κ3) is 4.63. The largest absolute Gasteiger partial charge is 0.306 e. The predicted octanol–water partition coefficient (Wildman–Crippen LogP) is 3.84. The van der Waals surface area contributed by atoms with Crippen LogP contribution in [0.4, 0.5) is 0 Å². The number of hydrogen-bond acceptors (Lipinski definition) is 4. The monoisotopic (exact) mass is 456 g/mol. The smallest absolute Gasteiger partial charge is 0.251 e. The average molecular weight is 457 g/mol. The van der Waals surface area contributed by atoms with Crippen molar-refractivity contribution in [2.45, 2.75) is 24.3 Å². The summed E-state index contributed by atoms with van der Waals surface area (Å²) < 4.78 is 28.1. The van der Waals surface area contributed by atoms with Crippen molar-refractivity contribution in [2.75, 3.05) is 13.1 Å². The van der Waals surface area contributed by atoms with Crippen molar-refractivity contribution in [3.8, 4) is 11.1 Å². The van der Waals surface area contributed by atoms with Gasteiger partial charge in [-0.3, -0.25) is 9.59 Å². The Hall–Kier alpha value is -2.74. The topological polar surface area (TPSA) is 76.5 Å². The number of carbonyl (C=O) groups is 1. The van der Waals surface area contributed by atoms with Gasteiger partial charge in [-0.25, -0.2) is 8.42 Å². The molecule has 2 aromatic carbocycles. The average Bonchev–Trinajstić information content (AvgIpc) is 3.31. The summed E-state index contributed by atoms with van der Waals surface area (Å²) >= 11 is 6.04. The summed E-state index contributed by atoms with van der Waals surface area (Å²) in [5.41, 5.74) is 1.85. The minimum absolute atomic E-state index is 0.0260. The van der Waals surface area contributed by atoms with Crippen molar-refractivity contribution >= 4 is 27.4 Å². The van der Waals surface area contributed by atoms with E-state index >= 15 is 0 Å². The second kappa shape index (κ2) is 8.78. The van der Waals surface area contributed by atoms with E-state index in [4.69, 9.17) is 11.6 Å². The molecule has 0 bridgehead atoms. The quantitative estimate of drug-likeness (QED) is 0.528. The molecule has 1 fully saturated rings. The highest BCUT2D eigenvalue weighted by Crippen LogP contribution is 2.23. The Bertz CT molecular complexity index is 1280. The molecule has 1 aliphatic heterocycles. The number of aromatic nitrogens is 1. The molecule has 0 radical (unpaired) electrons. The van der Waals surface area contributed by atoms with Crippen LogP contribution in [-0.4, -0.2) is 36.2 Å². The lowest BCUT2D eigenvalue weighted by atomic mass is 10.0. The van der Waals surface area contributed by atoms with Crippen molar-refractivity contribution in [1.82, 2.24) is 8.87 Å². The van der Waals surface area contributed by atoms with Crippen LogP contribution in [0.15, 0.2) is 76.6 Å². The Morgan fingerprint density at radius 2 is 1.65 bits per heavy atom. The number of rotatable bonds is 6. The van der Waals surface area contributed by atoms with Gasteiger partial charge in [0.25, 0.3) is 5.56 Å². The molecule has 0 saturated carbocycles. The lowest BCUT2D eigenvalue weighted by molar-refractivity contribution is 0.0970. The molecular formula is C23H21ClN2O4S. The van der Waals surface area contributed by atoms with E-state index in [2.05, 4.69) is 0 Å². The molecule has 1 saturated heterocycles. The summed E-state index contributed by atoms with van der Waals surface area (Å²) in [6.45, 7) is 0.706. The van der Waals surface area contributed by atoms with E-state index in [1.807, 2.05) is 30.3 Å². The van der Waals surface area contributed by atoms with E-state index in [0.717, 1.165) is 28.5 Å². The van der Waals surface area contributed by atoms with Gasteiger partial charge in [0.1, 0.15) is 0 Å². The zero-order chi connectivity index (χ0) is 22.0. The second-order valence-electron chi connectivity index (χ2n) is 7.45. The number of benzene rings is 2. The van der Waals surface area contributed by atoms with Crippen molar-refractivity contribution in [3.63, 3.8) is 0 Å². The van der Waals surface area contributed by atoms with Crippen LogP contribution in [0.5, 0.6) is 0 Å². The SMILES string of the molecule is O=C(Cn1cc(S(=O)(=O)N2CCCC2)ccc1=O)c1ccc(-c2cccc(Cl)c2)cc1. The Morgan fingerprint density at radius 3 is 2.32 bits per heavy atom. The van der Waals surface area contributed by atoms with Crippen LogP contribution in [0.2, 0.25) is 5.02 Å². The molecule has 0 amide bonds. The third-order valence-corrected chi connectivity index (χ3v) is 7.46. The van der Waals surface area contributed by atoms with Crippen LogP contribution in [-0.2, 0) is 16.6 Å². The van der Waals surface area contributed by atoms with E-state index in [1.165, 1.54) is 22.6 Å². The number of halogens is 1. The van der Waals surface area contributed by atoms with Crippen LogP contribution in [0.25, 0.3) is 11.1 Å². The summed E-state index contributed by atoms with van der Waals surface area (Å²) in [5.74, 6) is -0.282. The third-order valence-electron chi connectivity index (χ3n) is 5.34. The second-order valence-corrected chi connectivity index (χ2v) is 9.83. The molecule has 0 spiro atoms. The van der Waals surface area contributed by atoms with E-state index in [9.17, 15) is 18.0 Å². The van der Waals surface area contributed by atoms with Crippen LogP contribution in [0, 0.1) is 0 Å². The van der Waals surface area contributed by atoms with E-state index in [-0.39, 0.29) is 17.2 Å². The van der Waals surface area contributed by atoms with Gasteiger partial charge in [0.2, 0.25) is 10.0 Å². The summed E-state index contributed by atoms with van der Waals surface area (Å²) in [6.07, 6.45) is 2.90. The number of Topliss-reactive ketones (excluding diaryl/α,β-unsaturated/α-hetero) is 1. The van der Waals surface area contributed by atoms with Crippen molar-refractivity contribution in [2.24, 2.45) is 0 Å². The Labute approximate surface area is 185 Å². The van der Waals surface area contributed by atoms with Crippen molar-refractivity contribution in [1.29, 1.82) is 0 Å². The molecule has 2 heterocycles. The minimum Gasteiger partial charge on any atom is -0.306 e. The van der Waals surface area contributed by atoms with Crippen LogP contribution in [0.1, 0.15) is 23.2 Å². The Kier molecular flexibility index (Phi) is 6.09. The maximum absolute atomic E-state index is 12.8. The van der Waals surface area contributed by atoms with Crippen LogP contribution >= 0.6 is 11.6 Å². The molecule has 0 N–H and O–H groups in total. The number of ketones is 1. The Morgan fingerprint density at radius 1 is 0.935 bits per heavy atom. The summed E-state index contributed by atoms with van der Waals surface area (Å²) in [4.78, 5) is 25.0. The highest BCUT2D eigenvalue weighted by molar-refractivity contribution is 7.89. The first kappa shape index (κ1) is 21.5. The fraction of sp³-hybridized carbons (Fsp3) is 0.217. The van der Waals surface area contributed by atoms with Gasteiger partial charge in [0.15, 0.2) is 5.78 Å². The first-order valence-electron chi connectivity index (χ1n) is 9.94.